The highest BCUT2D eigenvalue weighted by Gasteiger charge is 2.35. The van der Waals surface area contributed by atoms with Gasteiger partial charge in [0, 0.05) is 68.5 Å². The van der Waals surface area contributed by atoms with Crippen molar-refractivity contribution in [2.24, 2.45) is 28.2 Å². The number of carbonyl (C=O) groups is 5. The van der Waals surface area contributed by atoms with Crippen LogP contribution in [0.1, 0.15) is 111 Å². The predicted octanol–water partition coefficient (Wildman–Crippen LogP) is 7.07. The maximum absolute atomic E-state index is 15.2. The molecule has 0 fully saturated rings. The van der Waals surface area contributed by atoms with E-state index in [1.54, 1.807) is 6.21 Å². The number of likely N-dealkylation sites (N-methyl/N-ethyl adjacent to an activating group) is 2. The molecule has 0 saturated carbocycles. The van der Waals surface area contributed by atoms with Crippen molar-refractivity contribution < 1.29 is 33.1 Å². The number of amides is 2. The lowest BCUT2D eigenvalue weighted by atomic mass is 9.84. The monoisotopic (exact) mass is 1080 g/mol. The number of halogens is 1. The number of aldehydes is 2. The summed E-state index contributed by atoms with van der Waals surface area (Å²) in [5.74, 6) is -0.448. The van der Waals surface area contributed by atoms with Crippen molar-refractivity contribution in [3.8, 4) is 12.8 Å². The van der Waals surface area contributed by atoms with E-state index in [0.29, 0.717) is 55.6 Å². The Morgan fingerprint density at radius 3 is 1.97 bits per heavy atom. The lowest BCUT2D eigenvalue weighted by molar-refractivity contribution is -0.127. The second kappa shape index (κ2) is 48.0. The molecule has 0 saturated heterocycles. The summed E-state index contributed by atoms with van der Waals surface area (Å²) in [4.78, 5) is 66.6. The average molecular weight is 1080 g/mol. The molecular weight excluding hydrogens is 989 g/mol. The zero-order chi connectivity index (χ0) is 59.2. The number of terminal acetylenes is 1. The van der Waals surface area contributed by atoms with Crippen molar-refractivity contribution in [1.82, 2.24) is 24.6 Å². The van der Waals surface area contributed by atoms with Crippen LogP contribution in [0.3, 0.4) is 0 Å². The molecule has 4 atom stereocenters. The number of nitrogens with zero attached hydrogens (tertiary/aromatic N) is 6. The highest BCUT2D eigenvalue weighted by molar-refractivity contribution is 7.27. The summed E-state index contributed by atoms with van der Waals surface area (Å²) in [5.41, 5.74) is 18.2. The van der Waals surface area contributed by atoms with Gasteiger partial charge in [0.1, 0.15) is 25.0 Å². The summed E-state index contributed by atoms with van der Waals surface area (Å²) in [6, 6.07) is 18.2. The molecule has 8 N–H and O–H groups in total. The quantitative estimate of drug-likeness (QED) is 0.0120. The number of carbonyl (C=O) groups excluding carboxylic acids is 5. The van der Waals surface area contributed by atoms with E-state index in [4.69, 9.17) is 26.2 Å². The molecule has 2 amide bonds. The van der Waals surface area contributed by atoms with E-state index in [0.717, 1.165) is 59.9 Å². The van der Waals surface area contributed by atoms with Gasteiger partial charge in [-0.25, -0.2) is 9.07 Å². The third-order valence-electron chi connectivity index (χ3n) is 9.85. The van der Waals surface area contributed by atoms with Crippen LogP contribution in [0.15, 0.2) is 83.2 Å². The van der Waals surface area contributed by atoms with Gasteiger partial charge in [0.2, 0.25) is 12.3 Å². The van der Waals surface area contributed by atoms with Crippen LogP contribution in [0.5, 0.6) is 0 Å². The van der Waals surface area contributed by atoms with Crippen LogP contribution in [0.4, 0.5) is 15.8 Å². The number of nitrogens with one attached hydrogen (secondary N) is 2. The first kappa shape index (κ1) is 75.8. The van der Waals surface area contributed by atoms with Crippen LogP contribution in [-0.2, 0) is 41.9 Å². The summed E-state index contributed by atoms with van der Waals surface area (Å²) in [7, 11) is 8.64. The van der Waals surface area contributed by atoms with E-state index < -0.39 is 5.82 Å². The van der Waals surface area contributed by atoms with Gasteiger partial charge in [-0.05, 0) is 87.5 Å². The third-order valence-corrected chi connectivity index (χ3v) is 10.2. The van der Waals surface area contributed by atoms with Gasteiger partial charge in [0.05, 0.1) is 29.8 Å². The van der Waals surface area contributed by atoms with Gasteiger partial charge in [-0.1, -0.05) is 104 Å². The SMILES string of the molecule is C#C.C/C=N\N(C)CC1c2nn(CN(CCN(C)C)Cc3ccc(NC(=O)CC)cc3)c(=O)c3cc(F)cc(c23)N[C@@H]1c1ccc(P)cc1.C=CCOC=O.CC.CC.CC(C)C(N)C=O.CC=O.CCCN.NC=O. The van der Waals surface area contributed by atoms with Gasteiger partial charge in [0.25, 0.3) is 12.0 Å². The number of anilines is 2. The summed E-state index contributed by atoms with van der Waals surface area (Å²) >= 11 is 0. The molecule has 0 radical (unpaired) electrons. The van der Waals surface area contributed by atoms with Crippen LogP contribution in [-0.4, -0.2) is 122 Å². The Labute approximate surface area is 455 Å². The number of rotatable bonds is 19. The van der Waals surface area contributed by atoms with Crippen molar-refractivity contribution in [3.63, 3.8) is 0 Å². The lowest BCUT2D eigenvalue weighted by Gasteiger charge is -2.36. The molecule has 0 aliphatic carbocycles. The molecule has 4 aromatic rings. The minimum Gasteiger partial charge on any atom is -0.464 e. The molecule has 5 rings (SSSR count). The standard InChI is InChI=1S/C35H44FN8O2P.C5H11NO.C4H6O2.C3H9N.C2H4O.2C2H6.C2H2.CH3NO/c1-6-31(45)38-26-12-8-23(9-13-26)20-43(17-16-41(3)4)22-44-35(46)28-18-25(36)19-30-32(28)34(40-44)29(21-42(5)37-7-2)33(39-30)24-10-14-27(47)15-11-24;1-4(2)5(6)3-7;1-2-3-6-4-5;1-2-3-4;1-2-3;3*1-2;2-1-3/h7-15,18-19,29,33,39H,6,16-17,20-22,47H2,1-5H3,(H,38,45);3-5H,6H2,1-2H3;2,4H,1,3H2;2-4H2,1H3;2H,1H3;2*1-2H3;1-2H;1H,(H2,2,3)/b37-7-;;;;;;;;/t29?,33-;;;;;;;;/m1......../s1. The van der Waals surface area contributed by atoms with E-state index in [1.807, 2.05) is 118 Å². The molecule has 3 unspecified atom stereocenters. The van der Waals surface area contributed by atoms with Gasteiger partial charge < -0.3 is 47.1 Å². The van der Waals surface area contributed by atoms with E-state index in [-0.39, 0.29) is 48.5 Å². The van der Waals surface area contributed by atoms with E-state index >= 15 is 4.39 Å². The first-order chi connectivity index (χ1) is 36.4. The Hall–Kier alpha value is -6.68. The maximum atomic E-state index is 15.2. The molecule has 76 heavy (non-hydrogen) atoms. The van der Waals surface area contributed by atoms with Crippen LogP contribution in [0.25, 0.3) is 10.8 Å². The fourth-order valence-electron chi connectivity index (χ4n) is 6.25. The van der Waals surface area contributed by atoms with Gasteiger partial charge >= 0.3 is 0 Å². The molecule has 0 bridgehead atoms. The largest absolute Gasteiger partial charge is 0.464 e. The highest BCUT2D eigenvalue weighted by Crippen LogP contribution is 2.44. The first-order valence-electron chi connectivity index (χ1n) is 25.2. The summed E-state index contributed by atoms with van der Waals surface area (Å²) in [6.45, 7) is 26.6. The van der Waals surface area contributed by atoms with Crippen LogP contribution in [0, 0.1) is 24.6 Å². The van der Waals surface area contributed by atoms with E-state index in [9.17, 15) is 19.2 Å². The molecule has 424 valence electrons. The fourth-order valence-corrected chi connectivity index (χ4v) is 6.44. The molecule has 1 aliphatic heterocycles. The number of hydrazone groups is 1. The Morgan fingerprint density at radius 2 is 1.55 bits per heavy atom. The predicted molar refractivity (Wildman–Crippen MR) is 317 cm³/mol. The third kappa shape index (κ3) is 31.3. The molecule has 3 aromatic carbocycles. The zero-order valence-corrected chi connectivity index (χ0v) is 48.7. The van der Waals surface area contributed by atoms with E-state index in [1.165, 1.54) is 29.8 Å². The topological polar surface area (TPSA) is 254 Å². The maximum Gasteiger partial charge on any atom is 0.293 e. The normalized spacial score (nSPS) is 12.6. The molecule has 0 spiro atoms. The van der Waals surface area contributed by atoms with Crippen molar-refractivity contribution in [3.05, 3.63) is 106 Å². The number of aromatic nitrogens is 2. The molecule has 2 heterocycles. The smallest absolute Gasteiger partial charge is 0.293 e. The van der Waals surface area contributed by atoms with Gasteiger partial charge in [0.15, 0.2) is 0 Å². The van der Waals surface area contributed by atoms with Gasteiger partial charge in [-0.3, -0.25) is 29.1 Å². The first-order valence-corrected chi connectivity index (χ1v) is 25.8. The van der Waals surface area contributed by atoms with Crippen LogP contribution in [0.2, 0.25) is 0 Å². The van der Waals surface area contributed by atoms with Crippen LogP contribution >= 0.6 is 9.24 Å². The van der Waals surface area contributed by atoms with Crippen molar-refractivity contribution >= 4 is 74.3 Å². The summed E-state index contributed by atoms with van der Waals surface area (Å²) < 4.78 is 20.8. The Balaban J connectivity index is -0.000000739. The van der Waals surface area contributed by atoms with Crippen molar-refractivity contribution in [1.29, 1.82) is 0 Å². The minimum atomic E-state index is -0.481. The second-order valence-corrected chi connectivity index (χ2v) is 16.8. The Bertz CT molecular complexity index is 2280. The number of hydrogen-bond donors (Lipinski definition) is 5. The lowest BCUT2D eigenvalue weighted by Crippen LogP contribution is -2.40. The minimum absolute atomic E-state index is 0.0412. The zero-order valence-electron chi connectivity index (χ0n) is 47.5. The van der Waals surface area contributed by atoms with Crippen molar-refractivity contribution in [2.45, 2.75) is 113 Å². The second-order valence-electron chi connectivity index (χ2n) is 16.1. The summed E-state index contributed by atoms with van der Waals surface area (Å²) in [6.07, 6.45) is 14.5. The molecular formula is C56H91FN11O7P. The number of ether oxygens (including phenoxy) is 1. The highest BCUT2D eigenvalue weighted by atomic mass is 31.0. The van der Waals surface area contributed by atoms with Gasteiger partial charge in [-0.2, -0.15) is 10.2 Å². The Kier molecular flexibility index (Phi) is 47.9. The number of primary amides is 1. The fraction of sp³-hybridized carbons (Fsp3) is 0.464. The number of benzene rings is 3. The van der Waals surface area contributed by atoms with E-state index in [2.05, 4.69) is 83.7 Å². The van der Waals surface area contributed by atoms with Gasteiger partial charge in [-0.15, -0.1) is 22.1 Å². The van der Waals surface area contributed by atoms with Crippen molar-refractivity contribution in [2.75, 3.05) is 64.6 Å². The molecule has 18 nitrogen and oxygen atoms in total. The average Bonchev–Trinajstić information content (AvgIpc) is 3.42. The molecule has 1 aliphatic rings. The molecule has 20 heteroatoms. The summed E-state index contributed by atoms with van der Waals surface area (Å²) in [5, 5.41) is 19.9. The molecule has 1 aromatic heterocycles. The van der Waals surface area contributed by atoms with Crippen LogP contribution < -0.4 is 38.7 Å². The Morgan fingerprint density at radius 1 is 1.00 bits per heavy atom. The number of hydrogen-bond acceptors (Lipinski definition) is 15. The number of nitrogens with two attached hydrogens (primary N) is 3.